The smallest absolute Gasteiger partial charge is 0.356 e. The SMILES string of the molecule is COC(=O)C(NC=O)O[C@H]1CC[C@H](N2CCN(C3CCNCC3)CC2)CC1.Cl.Cl. The first kappa shape index (κ1) is 26.4. The molecule has 2 N–H and O–H groups in total. The minimum Gasteiger partial charge on any atom is -0.466 e. The Morgan fingerprint density at radius 1 is 0.966 bits per heavy atom. The van der Waals surface area contributed by atoms with Crippen LogP contribution < -0.4 is 10.6 Å². The molecule has 3 rings (SSSR count). The number of piperazine rings is 1. The summed E-state index contributed by atoms with van der Waals surface area (Å²) >= 11 is 0. The number of hydrogen-bond donors (Lipinski definition) is 2. The Kier molecular flexibility index (Phi) is 12.4. The zero-order chi connectivity index (χ0) is 19.1. The van der Waals surface area contributed by atoms with Crippen LogP contribution in [0.3, 0.4) is 0 Å². The van der Waals surface area contributed by atoms with E-state index in [0.717, 1.165) is 57.9 Å². The van der Waals surface area contributed by atoms with Gasteiger partial charge in [-0.3, -0.25) is 14.6 Å². The van der Waals surface area contributed by atoms with E-state index in [2.05, 4.69) is 25.2 Å². The fraction of sp³-hybridized carbons (Fsp3) is 0.895. The van der Waals surface area contributed by atoms with Crippen molar-refractivity contribution in [2.45, 2.75) is 62.9 Å². The minimum absolute atomic E-state index is 0. The van der Waals surface area contributed by atoms with Gasteiger partial charge in [0.2, 0.25) is 12.6 Å². The van der Waals surface area contributed by atoms with Crippen molar-refractivity contribution < 1.29 is 19.1 Å². The standard InChI is InChI=1S/C19H34N4O4.2ClH/c1-26-19(25)18(21-14-24)27-17-4-2-15(3-5-17)22-10-12-23(13-11-22)16-6-8-20-9-7-16;;/h14-18,20H,2-13H2,1H3,(H,21,24);2*1H/t15-,17-,18?;;. The summed E-state index contributed by atoms with van der Waals surface area (Å²) in [4.78, 5) is 27.6. The van der Waals surface area contributed by atoms with Gasteiger partial charge in [0.15, 0.2) is 0 Å². The lowest BCUT2D eigenvalue weighted by Gasteiger charge is -2.45. The van der Waals surface area contributed by atoms with Crippen LogP contribution in [-0.2, 0) is 19.1 Å². The second-order valence-corrected chi connectivity index (χ2v) is 7.81. The summed E-state index contributed by atoms with van der Waals surface area (Å²) in [5, 5.41) is 5.84. The molecule has 0 aromatic rings. The zero-order valence-electron chi connectivity index (χ0n) is 17.2. The monoisotopic (exact) mass is 454 g/mol. The number of rotatable bonds is 7. The Morgan fingerprint density at radius 3 is 1.97 bits per heavy atom. The van der Waals surface area contributed by atoms with Crippen molar-refractivity contribution in [2.24, 2.45) is 0 Å². The predicted molar refractivity (Wildman–Crippen MR) is 116 cm³/mol. The molecule has 10 heteroatoms. The van der Waals surface area contributed by atoms with Crippen molar-refractivity contribution in [2.75, 3.05) is 46.4 Å². The highest BCUT2D eigenvalue weighted by Gasteiger charge is 2.32. The Hall–Kier alpha value is -0.640. The molecular formula is C19H36Cl2N4O4. The van der Waals surface area contributed by atoms with E-state index >= 15 is 0 Å². The van der Waals surface area contributed by atoms with Crippen LogP contribution in [0.25, 0.3) is 0 Å². The molecule has 1 atom stereocenters. The van der Waals surface area contributed by atoms with Crippen LogP contribution in [0, 0.1) is 0 Å². The molecule has 29 heavy (non-hydrogen) atoms. The predicted octanol–water partition coefficient (Wildman–Crippen LogP) is 0.773. The Labute approximate surface area is 186 Å². The first-order valence-corrected chi connectivity index (χ1v) is 10.3. The number of hydrogen-bond acceptors (Lipinski definition) is 7. The van der Waals surface area contributed by atoms with Gasteiger partial charge in [0.05, 0.1) is 13.2 Å². The van der Waals surface area contributed by atoms with E-state index in [1.54, 1.807) is 0 Å². The van der Waals surface area contributed by atoms with Gasteiger partial charge in [-0.1, -0.05) is 0 Å². The number of nitrogens with one attached hydrogen (secondary N) is 2. The van der Waals surface area contributed by atoms with Crippen LogP contribution in [0.2, 0.25) is 0 Å². The lowest BCUT2D eigenvalue weighted by atomic mass is 9.91. The fourth-order valence-electron chi connectivity index (χ4n) is 4.71. The molecule has 1 aliphatic carbocycles. The van der Waals surface area contributed by atoms with Crippen LogP contribution in [0.4, 0.5) is 0 Å². The number of piperidine rings is 1. The molecule has 1 saturated carbocycles. The van der Waals surface area contributed by atoms with Crippen LogP contribution in [0.15, 0.2) is 0 Å². The van der Waals surface area contributed by atoms with Gasteiger partial charge in [-0.2, -0.15) is 0 Å². The molecule has 0 aromatic carbocycles. The highest BCUT2D eigenvalue weighted by Crippen LogP contribution is 2.27. The lowest BCUT2D eigenvalue weighted by molar-refractivity contribution is -0.164. The molecular weight excluding hydrogens is 419 g/mol. The summed E-state index contributed by atoms with van der Waals surface area (Å²) in [6.07, 6.45) is 6.00. The van der Waals surface area contributed by atoms with Gasteiger partial charge in [-0.15, -0.1) is 24.8 Å². The molecule has 0 radical (unpaired) electrons. The summed E-state index contributed by atoms with van der Waals surface area (Å²) in [6, 6.07) is 1.37. The summed E-state index contributed by atoms with van der Waals surface area (Å²) in [5.41, 5.74) is 0. The molecule has 1 unspecified atom stereocenters. The minimum atomic E-state index is -0.998. The van der Waals surface area contributed by atoms with Gasteiger partial charge in [-0.25, -0.2) is 4.79 Å². The van der Waals surface area contributed by atoms with Gasteiger partial charge >= 0.3 is 5.97 Å². The molecule has 1 amide bonds. The van der Waals surface area contributed by atoms with Gasteiger partial charge < -0.3 is 20.1 Å². The van der Waals surface area contributed by atoms with Crippen molar-refractivity contribution in [1.29, 1.82) is 0 Å². The maximum atomic E-state index is 11.7. The average Bonchev–Trinajstić information content (AvgIpc) is 2.74. The number of methoxy groups -OCH3 is 1. The second kappa shape index (κ2) is 13.6. The molecule has 0 aromatic heterocycles. The van der Waals surface area contributed by atoms with Crippen molar-refractivity contribution in [1.82, 2.24) is 20.4 Å². The van der Waals surface area contributed by atoms with Crippen molar-refractivity contribution in [3.05, 3.63) is 0 Å². The van der Waals surface area contributed by atoms with E-state index in [1.807, 2.05) is 0 Å². The number of amides is 1. The van der Waals surface area contributed by atoms with E-state index in [-0.39, 0.29) is 30.9 Å². The van der Waals surface area contributed by atoms with Crippen LogP contribution in [0.1, 0.15) is 38.5 Å². The third-order valence-corrected chi connectivity index (χ3v) is 6.30. The van der Waals surface area contributed by atoms with E-state index in [0.29, 0.717) is 12.5 Å². The van der Waals surface area contributed by atoms with Crippen LogP contribution in [-0.4, -0.2) is 93.0 Å². The third-order valence-electron chi connectivity index (χ3n) is 6.30. The summed E-state index contributed by atoms with van der Waals surface area (Å²) in [5.74, 6) is -0.557. The number of nitrogens with zero attached hydrogens (tertiary/aromatic N) is 2. The second-order valence-electron chi connectivity index (χ2n) is 7.81. The topological polar surface area (TPSA) is 83.1 Å². The van der Waals surface area contributed by atoms with E-state index < -0.39 is 12.2 Å². The first-order chi connectivity index (χ1) is 13.2. The normalized spacial score (nSPS) is 27.8. The lowest BCUT2D eigenvalue weighted by Crippen LogP contribution is -2.55. The van der Waals surface area contributed by atoms with Crippen molar-refractivity contribution in [3.8, 4) is 0 Å². The first-order valence-electron chi connectivity index (χ1n) is 10.3. The third kappa shape index (κ3) is 7.52. The van der Waals surface area contributed by atoms with Gasteiger partial charge in [0.25, 0.3) is 0 Å². The number of carbonyl (C=O) groups is 2. The number of esters is 1. The Bertz CT molecular complexity index is 481. The average molecular weight is 455 g/mol. The van der Waals surface area contributed by atoms with Gasteiger partial charge in [0.1, 0.15) is 0 Å². The molecule has 2 aliphatic heterocycles. The van der Waals surface area contributed by atoms with E-state index in [1.165, 1.54) is 33.0 Å². The molecule has 3 aliphatic rings. The van der Waals surface area contributed by atoms with E-state index in [4.69, 9.17) is 4.74 Å². The molecule has 2 saturated heterocycles. The molecule has 3 fully saturated rings. The van der Waals surface area contributed by atoms with Gasteiger partial charge in [0, 0.05) is 38.3 Å². The summed E-state index contributed by atoms with van der Waals surface area (Å²) in [7, 11) is 1.30. The van der Waals surface area contributed by atoms with Crippen LogP contribution in [0.5, 0.6) is 0 Å². The van der Waals surface area contributed by atoms with Crippen molar-refractivity contribution >= 4 is 37.2 Å². The Balaban J connectivity index is 0.00000210. The summed E-state index contributed by atoms with van der Waals surface area (Å²) in [6.45, 7) is 6.96. The number of halogens is 2. The molecule has 2 heterocycles. The Morgan fingerprint density at radius 2 is 1.48 bits per heavy atom. The largest absolute Gasteiger partial charge is 0.466 e. The van der Waals surface area contributed by atoms with Crippen molar-refractivity contribution in [3.63, 3.8) is 0 Å². The molecule has 8 nitrogen and oxygen atoms in total. The number of carbonyl (C=O) groups excluding carboxylic acids is 2. The maximum Gasteiger partial charge on any atom is 0.356 e. The van der Waals surface area contributed by atoms with Crippen LogP contribution >= 0.6 is 24.8 Å². The molecule has 0 spiro atoms. The maximum absolute atomic E-state index is 11.7. The van der Waals surface area contributed by atoms with E-state index in [9.17, 15) is 9.59 Å². The fourth-order valence-corrected chi connectivity index (χ4v) is 4.71. The molecule has 170 valence electrons. The quantitative estimate of drug-likeness (QED) is 0.334. The highest BCUT2D eigenvalue weighted by molar-refractivity contribution is 5.85. The molecule has 0 bridgehead atoms. The number of ether oxygens (including phenoxy) is 2. The highest BCUT2D eigenvalue weighted by atomic mass is 35.5. The summed E-state index contributed by atoms with van der Waals surface area (Å²) < 4.78 is 10.4. The zero-order valence-corrected chi connectivity index (χ0v) is 18.8. The van der Waals surface area contributed by atoms with Gasteiger partial charge in [-0.05, 0) is 51.6 Å².